The third kappa shape index (κ3) is 4.04. The van der Waals surface area contributed by atoms with Crippen molar-refractivity contribution >= 4 is 37.8 Å². The van der Waals surface area contributed by atoms with Crippen LogP contribution in [0.15, 0.2) is 34.1 Å². The number of rotatable bonds is 6. The lowest BCUT2D eigenvalue weighted by molar-refractivity contribution is -0.432. The van der Waals surface area contributed by atoms with Gasteiger partial charge in [0.15, 0.2) is 9.84 Å². The molecule has 1 N–H and O–H groups in total. The molecule has 0 unspecified atom stereocenters. The average Bonchev–Trinajstić information content (AvgIpc) is 2.27. The number of hydrogen-bond acceptors (Lipinski definition) is 6. The first-order valence-corrected chi connectivity index (χ1v) is 7.65. The minimum atomic E-state index is -3.23. The van der Waals surface area contributed by atoms with Gasteiger partial charge < -0.3 is 0 Å². The number of alkyl halides is 1. The van der Waals surface area contributed by atoms with E-state index in [1.54, 1.807) is 12.1 Å². The van der Waals surface area contributed by atoms with Crippen molar-refractivity contribution < 1.29 is 23.0 Å². The monoisotopic (exact) mass is 328 g/mol. The van der Waals surface area contributed by atoms with E-state index in [9.17, 15) is 8.42 Å². The van der Waals surface area contributed by atoms with E-state index in [0.29, 0.717) is 10.2 Å². The van der Waals surface area contributed by atoms with Crippen LogP contribution in [0.5, 0.6) is 0 Å². The van der Waals surface area contributed by atoms with Gasteiger partial charge in [-0.05, 0) is 24.3 Å². The second-order valence-electron chi connectivity index (χ2n) is 2.71. The van der Waals surface area contributed by atoms with E-state index in [1.165, 1.54) is 12.1 Å². The van der Waals surface area contributed by atoms with Gasteiger partial charge in [-0.3, -0.25) is 0 Å². The van der Waals surface area contributed by atoms with Crippen LogP contribution in [0, 0.1) is 0 Å². The van der Waals surface area contributed by atoms with Crippen LogP contribution in [0.4, 0.5) is 0 Å². The molecule has 0 fully saturated rings. The Labute approximate surface area is 106 Å². The van der Waals surface area contributed by atoms with Crippen molar-refractivity contribution in [2.75, 3.05) is 11.1 Å². The molecule has 1 aromatic rings. The van der Waals surface area contributed by atoms with Gasteiger partial charge in [0.1, 0.15) is 0 Å². The smallest absolute Gasteiger partial charge is 0.179 e. The Morgan fingerprint density at radius 3 is 2.44 bits per heavy atom. The van der Waals surface area contributed by atoms with Crippen LogP contribution in [0.2, 0.25) is 0 Å². The third-order valence-corrected chi connectivity index (χ3v) is 4.94. The quantitative estimate of drug-likeness (QED) is 0.374. The minimum Gasteiger partial charge on any atom is -0.224 e. The van der Waals surface area contributed by atoms with Gasteiger partial charge in [0.05, 0.1) is 22.7 Å². The maximum atomic E-state index is 11.6. The van der Waals surface area contributed by atoms with Crippen molar-refractivity contribution in [3.63, 3.8) is 0 Å². The van der Waals surface area contributed by atoms with Gasteiger partial charge in [0.25, 0.3) is 0 Å². The number of halogens is 1. The van der Waals surface area contributed by atoms with Gasteiger partial charge in [-0.15, -0.1) is 4.33 Å². The summed E-state index contributed by atoms with van der Waals surface area (Å²) in [6.07, 6.45) is 0. The Bertz CT molecular complexity index is 417. The van der Waals surface area contributed by atoms with Gasteiger partial charge in [-0.25, -0.2) is 13.7 Å². The van der Waals surface area contributed by atoms with Gasteiger partial charge in [-0.2, -0.15) is 0 Å². The van der Waals surface area contributed by atoms with Crippen molar-refractivity contribution in [3.05, 3.63) is 24.3 Å². The molecule has 0 radical (unpaired) electrons. The summed E-state index contributed by atoms with van der Waals surface area (Å²) in [5.74, 6) is 0.0513. The van der Waals surface area contributed by atoms with Crippen LogP contribution >= 0.6 is 28.0 Å². The zero-order valence-electron chi connectivity index (χ0n) is 8.00. The van der Waals surface area contributed by atoms with Crippen molar-refractivity contribution in [2.45, 2.75) is 9.79 Å². The first-order valence-electron chi connectivity index (χ1n) is 4.13. The Kier molecular flexibility index (Phi) is 5.73. The molecule has 0 heterocycles. The molecule has 0 aliphatic carbocycles. The van der Waals surface area contributed by atoms with E-state index < -0.39 is 9.84 Å². The van der Waals surface area contributed by atoms with Crippen molar-refractivity contribution in [3.8, 4) is 0 Å². The summed E-state index contributed by atoms with van der Waals surface area (Å²) in [4.78, 5) is 0.869. The first kappa shape index (κ1) is 13.9. The molecule has 16 heavy (non-hydrogen) atoms. The predicted octanol–water partition coefficient (Wildman–Crippen LogP) is 2.28. The molecule has 1 rings (SSSR count). The van der Waals surface area contributed by atoms with E-state index in [0.717, 1.165) is 12.0 Å². The summed E-state index contributed by atoms with van der Waals surface area (Å²) in [6, 6.07) is 6.07. The zero-order chi connectivity index (χ0) is 12.0. The first-order chi connectivity index (χ1) is 7.60. The highest BCUT2D eigenvalue weighted by atomic mass is 79.9. The number of benzene rings is 1. The highest BCUT2D eigenvalue weighted by Gasteiger charge is 2.13. The van der Waals surface area contributed by atoms with Crippen molar-refractivity contribution in [1.82, 2.24) is 0 Å². The molecule has 0 saturated carbocycles. The summed E-state index contributed by atoms with van der Waals surface area (Å²) >= 11 is 3.86. The molecular weight excluding hydrogens is 320 g/mol. The standard InChI is InChI=1S/C8H9BrO5S2/c9-5-6-16(11,12)8-3-1-7(2-4-8)15-14-13-10/h1-4,10H,5-6H2. The summed E-state index contributed by atoms with van der Waals surface area (Å²) < 4.78 is 27.5. The van der Waals surface area contributed by atoms with Crippen LogP contribution in [-0.2, 0) is 19.2 Å². The summed E-state index contributed by atoms with van der Waals surface area (Å²) in [7, 11) is -3.23. The van der Waals surface area contributed by atoms with Gasteiger partial charge in [0.2, 0.25) is 0 Å². The van der Waals surface area contributed by atoms with Crippen LogP contribution in [0.25, 0.3) is 0 Å². The van der Waals surface area contributed by atoms with Crippen LogP contribution in [0.1, 0.15) is 0 Å². The lowest BCUT2D eigenvalue weighted by atomic mass is 10.4. The fourth-order valence-electron chi connectivity index (χ4n) is 0.976. The molecule has 0 amide bonds. The highest BCUT2D eigenvalue weighted by molar-refractivity contribution is 9.09. The summed E-state index contributed by atoms with van der Waals surface area (Å²) in [5, 5.41) is 11.8. The number of sulfone groups is 1. The third-order valence-electron chi connectivity index (χ3n) is 1.69. The lowest BCUT2D eigenvalue weighted by Gasteiger charge is -2.03. The molecule has 0 spiro atoms. The molecule has 1 aromatic carbocycles. The normalized spacial score (nSPS) is 11.6. The molecule has 0 aromatic heterocycles. The van der Waals surface area contributed by atoms with Crippen LogP contribution in [-0.4, -0.2) is 24.8 Å². The van der Waals surface area contributed by atoms with E-state index in [1.807, 2.05) is 0 Å². The molecule has 8 heteroatoms. The van der Waals surface area contributed by atoms with Gasteiger partial charge in [-0.1, -0.05) is 21.0 Å². The van der Waals surface area contributed by atoms with Crippen LogP contribution < -0.4 is 0 Å². The van der Waals surface area contributed by atoms with E-state index in [2.05, 4.69) is 25.3 Å². The SMILES string of the molecule is O=S(=O)(CCBr)c1ccc(SOOO)cc1. The Morgan fingerprint density at radius 1 is 1.31 bits per heavy atom. The van der Waals surface area contributed by atoms with Crippen molar-refractivity contribution in [2.24, 2.45) is 0 Å². The second kappa shape index (κ2) is 6.58. The van der Waals surface area contributed by atoms with Crippen LogP contribution in [0.3, 0.4) is 0 Å². The molecule has 0 aliphatic rings. The number of hydrogen-bond donors (Lipinski definition) is 1. The molecule has 0 atom stereocenters. The van der Waals surface area contributed by atoms with E-state index in [-0.39, 0.29) is 10.6 Å². The highest BCUT2D eigenvalue weighted by Crippen LogP contribution is 2.21. The molecule has 5 nitrogen and oxygen atoms in total. The second-order valence-corrected chi connectivity index (χ2v) is 6.38. The largest absolute Gasteiger partial charge is 0.224 e. The molecule has 0 bridgehead atoms. The summed E-state index contributed by atoms with van der Waals surface area (Å²) in [6.45, 7) is 0. The fourth-order valence-corrected chi connectivity index (χ4v) is 3.60. The summed E-state index contributed by atoms with van der Waals surface area (Å²) in [5.41, 5.74) is 0. The molecule has 0 aliphatic heterocycles. The van der Waals surface area contributed by atoms with Crippen molar-refractivity contribution in [1.29, 1.82) is 0 Å². The van der Waals surface area contributed by atoms with E-state index >= 15 is 0 Å². The average molecular weight is 329 g/mol. The topological polar surface area (TPSA) is 72.8 Å². The predicted molar refractivity (Wildman–Crippen MR) is 62.9 cm³/mol. The molecule has 90 valence electrons. The maximum Gasteiger partial charge on any atom is 0.179 e. The van der Waals surface area contributed by atoms with Gasteiger partial charge in [0, 0.05) is 10.2 Å². The fraction of sp³-hybridized carbons (Fsp3) is 0.250. The zero-order valence-corrected chi connectivity index (χ0v) is 11.2. The van der Waals surface area contributed by atoms with E-state index in [4.69, 9.17) is 5.26 Å². The maximum absolute atomic E-state index is 11.6. The van der Waals surface area contributed by atoms with Gasteiger partial charge >= 0.3 is 0 Å². The molecular formula is C8H9BrO5S2. The lowest BCUT2D eigenvalue weighted by Crippen LogP contribution is -2.07. The Balaban J connectivity index is 2.78. The Hall–Kier alpha value is -0.120. The minimum absolute atomic E-state index is 0.0513. The Morgan fingerprint density at radius 2 is 1.94 bits per heavy atom. The molecule has 0 saturated heterocycles.